The Morgan fingerprint density at radius 1 is 1.23 bits per heavy atom. The van der Waals surface area contributed by atoms with Gasteiger partial charge in [-0.15, -0.1) is 24.2 Å². The largest absolute Gasteiger partial charge is 0.396 e. The van der Waals surface area contributed by atoms with Gasteiger partial charge in [0.15, 0.2) is 5.78 Å². The summed E-state index contributed by atoms with van der Waals surface area (Å²) in [5.41, 5.74) is 9.11. The van der Waals surface area contributed by atoms with Crippen molar-refractivity contribution in [3.8, 4) is 0 Å². The third-order valence-electron chi connectivity index (χ3n) is 4.64. The number of anilines is 1. The number of hydrogen-bond donors (Lipinski definition) is 2. The summed E-state index contributed by atoms with van der Waals surface area (Å²) in [4.78, 5) is 34.7. The van der Waals surface area contributed by atoms with Gasteiger partial charge in [-0.25, -0.2) is 9.97 Å². The number of benzene rings is 1. The fourth-order valence-electron chi connectivity index (χ4n) is 2.82. The average Bonchev–Trinajstić information content (AvgIpc) is 2.72. The molecule has 9 heteroatoms. The molecule has 0 saturated carbocycles. The maximum Gasteiger partial charge on any atom is 0.214 e. The van der Waals surface area contributed by atoms with Gasteiger partial charge in [-0.1, -0.05) is 29.8 Å². The molecular formula is C22H29ClN4O3S. The monoisotopic (exact) mass is 464 g/mol. The summed E-state index contributed by atoms with van der Waals surface area (Å²) in [5.74, 6) is 1.53. The van der Waals surface area contributed by atoms with Crippen molar-refractivity contribution in [1.82, 2.24) is 14.9 Å². The van der Waals surface area contributed by atoms with E-state index in [0.717, 1.165) is 16.9 Å². The van der Waals surface area contributed by atoms with Crippen LogP contribution in [0.5, 0.6) is 0 Å². The highest BCUT2D eigenvalue weighted by Crippen LogP contribution is 2.27. The third-order valence-corrected chi connectivity index (χ3v) is 5.89. The molecule has 1 heterocycles. The van der Waals surface area contributed by atoms with E-state index in [-0.39, 0.29) is 31.3 Å². The Balaban J connectivity index is 0.00000480. The first kappa shape index (κ1) is 26.6. The minimum atomic E-state index is -0.0476. The van der Waals surface area contributed by atoms with Crippen molar-refractivity contribution in [1.29, 1.82) is 0 Å². The van der Waals surface area contributed by atoms with Gasteiger partial charge in [-0.2, -0.15) is 0 Å². The number of nitrogens with zero attached hydrogens (tertiary/aromatic N) is 3. The van der Waals surface area contributed by atoms with Gasteiger partial charge in [0.05, 0.1) is 6.54 Å². The number of amides is 1. The first-order valence-corrected chi connectivity index (χ1v) is 10.7. The summed E-state index contributed by atoms with van der Waals surface area (Å²) >= 11 is 1.48. The lowest BCUT2D eigenvalue weighted by atomic mass is 10.1. The third kappa shape index (κ3) is 7.97. The number of rotatable bonds is 11. The standard InChI is InChI=1S/C22H28N4O3S.ClH/c1-15-4-6-18(7-5-15)20(29)9-11-30-21(8-10-27)16(2)26(14-28)13-19-12-24-17(3)25-22(19)23;/h4-7,12,14,27H,8-11,13H2,1-3H3,(H2,23,24,25);1H/b21-16+;. The van der Waals surface area contributed by atoms with Crippen molar-refractivity contribution in [2.45, 2.75) is 40.2 Å². The van der Waals surface area contributed by atoms with Gasteiger partial charge in [0.25, 0.3) is 0 Å². The second-order valence-corrected chi connectivity index (χ2v) is 8.12. The normalized spacial score (nSPS) is 11.4. The van der Waals surface area contributed by atoms with Crippen LogP contribution in [0, 0.1) is 13.8 Å². The number of aliphatic hydroxyl groups excluding tert-OH is 1. The zero-order valence-electron chi connectivity index (χ0n) is 18.0. The first-order valence-electron chi connectivity index (χ1n) is 9.69. The number of aliphatic hydroxyl groups is 1. The molecule has 0 fully saturated rings. The average molecular weight is 465 g/mol. The van der Waals surface area contributed by atoms with E-state index in [1.807, 2.05) is 38.1 Å². The Morgan fingerprint density at radius 3 is 2.48 bits per heavy atom. The van der Waals surface area contributed by atoms with Crippen LogP contribution in [0.15, 0.2) is 41.1 Å². The van der Waals surface area contributed by atoms with Gasteiger partial charge in [-0.3, -0.25) is 9.59 Å². The second-order valence-electron chi connectivity index (χ2n) is 6.93. The van der Waals surface area contributed by atoms with Crippen LogP contribution in [0.4, 0.5) is 5.82 Å². The smallest absolute Gasteiger partial charge is 0.214 e. The maximum absolute atomic E-state index is 12.4. The number of aromatic nitrogens is 2. The molecule has 3 N–H and O–H groups in total. The molecule has 2 aromatic rings. The Morgan fingerprint density at radius 2 is 1.90 bits per heavy atom. The molecule has 0 radical (unpaired) electrons. The quantitative estimate of drug-likeness (QED) is 0.385. The number of ketones is 1. The number of nitrogens with two attached hydrogens (primary N) is 1. The zero-order valence-corrected chi connectivity index (χ0v) is 19.6. The van der Waals surface area contributed by atoms with Gasteiger partial charge >= 0.3 is 0 Å². The summed E-state index contributed by atoms with van der Waals surface area (Å²) in [7, 11) is 0. The Labute approximate surface area is 193 Å². The Hall–Kier alpha value is -2.42. The molecule has 0 atom stereocenters. The summed E-state index contributed by atoms with van der Waals surface area (Å²) in [6.07, 6.45) is 3.11. The van der Waals surface area contributed by atoms with Crippen LogP contribution >= 0.6 is 24.2 Å². The number of carbonyl (C=O) groups excluding carboxylic acids is 2. The minimum absolute atomic E-state index is 0. The van der Waals surface area contributed by atoms with Crippen molar-refractivity contribution in [3.05, 3.63) is 63.6 Å². The first-order chi connectivity index (χ1) is 14.3. The number of carbonyl (C=O) groups is 2. The number of Topliss-reactive ketones (excluding diaryl/α,β-unsaturated/α-hetero) is 1. The van der Waals surface area contributed by atoms with Crippen LogP contribution in [0.25, 0.3) is 0 Å². The molecule has 0 spiro atoms. The van der Waals surface area contributed by atoms with E-state index in [1.54, 1.807) is 13.1 Å². The summed E-state index contributed by atoms with van der Waals surface area (Å²) in [6, 6.07) is 7.51. The molecule has 31 heavy (non-hydrogen) atoms. The van der Waals surface area contributed by atoms with Gasteiger partial charge in [0.2, 0.25) is 6.41 Å². The molecule has 168 valence electrons. The van der Waals surface area contributed by atoms with Crippen LogP contribution in [0.1, 0.15) is 47.1 Å². The van der Waals surface area contributed by atoms with Crippen molar-refractivity contribution in [2.75, 3.05) is 18.1 Å². The van der Waals surface area contributed by atoms with Gasteiger partial charge in [0.1, 0.15) is 11.6 Å². The van der Waals surface area contributed by atoms with E-state index in [2.05, 4.69) is 9.97 Å². The Kier molecular flexibility index (Phi) is 11.2. The lowest BCUT2D eigenvalue weighted by Gasteiger charge is -2.22. The SMILES string of the molecule is C/C(=C(/CCO)SCCC(=O)c1ccc(C)cc1)N(C=O)Cc1cnc(C)nc1N.Cl. The van der Waals surface area contributed by atoms with Crippen molar-refractivity contribution in [3.63, 3.8) is 0 Å². The van der Waals surface area contributed by atoms with E-state index in [4.69, 9.17) is 5.73 Å². The van der Waals surface area contributed by atoms with E-state index >= 15 is 0 Å². The molecule has 0 unspecified atom stereocenters. The van der Waals surface area contributed by atoms with Crippen LogP contribution < -0.4 is 5.73 Å². The summed E-state index contributed by atoms with van der Waals surface area (Å²) in [6.45, 7) is 5.73. The molecule has 1 aromatic heterocycles. The van der Waals surface area contributed by atoms with Gasteiger partial charge < -0.3 is 15.7 Å². The second kappa shape index (κ2) is 13.1. The molecule has 0 bridgehead atoms. The van der Waals surface area contributed by atoms with Gasteiger partial charge in [0, 0.05) is 53.1 Å². The summed E-state index contributed by atoms with van der Waals surface area (Å²) in [5, 5.41) is 9.46. The predicted molar refractivity (Wildman–Crippen MR) is 127 cm³/mol. The lowest BCUT2D eigenvalue weighted by molar-refractivity contribution is -0.116. The highest BCUT2D eigenvalue weighted by atomic mass is 35.5. The van der Waals surface area contributed by atoms with E-state index < -0.39 is 0 Å². The number of aryl methyl sites for hydroxylation is 2. The molecule has 1 amide bonds. The number of nitrogen functional groups attached to an aromatic ring is 1. The fraction of sp³-hybridized carbons (Fsp3) is 0.364. The number of thioether (sulfide) groups is 1. The lowest BCUT2D eigenvalue weighted by Crippen LogP contribution is -2.22. The van der Waals surface area contributed by atoms with Crippen molar-refractivity contribution >= 4 is 42.2 Å². The Bertz CT molecular complexity index is 919. The van der Waals surface area contributed by atoms with E-state index in [0.29, 0.717) is 47.1 Å². The minimum Gasteiger partial charge on any atom is -0.396 e. The van der Waals surface area contributed by atoms with Crippen molar-refractivity contribution < 1.29 is 14.7 Å². The maximum atomic E-state index is 12.4. The van der Waals surface area contributed by atoms with Crippen molar-refractivity contribution in [2.24, 2.45) is 0 Å². The number of hydrogen-bond acceptors (Lipinski definition) is 7. The predicted octanol–water partition coefficient (Wildman–Crippen LogP) is 3.68. The topological polar surface area (TPSA) is 109 Å². The van der Waals surface area contributed by atoms with E-state index in [1.165, 1.54) is 16.7 Å². The molecule has 0 saturated heterocycles. The van der Waals surface area contributed by atoms with E-state index in [9.17, 15) is 14.7 Å². The molecule has 0 aliphatic heterocycles. The van der Waals surface area contributed by atoms with Gasteiger partial charge in [-0.05, 0) is 20.8 Å². The molecule has 0 aliphatic rings. The van der Waals surface area contributed by atoms with Crippen LogP contribution in [-0.4, -0.2) is 44.5 Å². The highest BCUT2D eigenvalue weighted by molar-refractivity contribution is 8.03. The highest BCUT2D eigenvalue weighted by Gasteiger charge is 2.15. The molecular weight excluding hydrogens is 436 g/mol. The zero-order chi connectivity index (χ0) is 22.1. The van der Waals surface area contributed by atoms with Crippen LogP contribution in [0.3, 0.4) is 0 Å². The number of halogens is 1. The molecule has 1 aromatic carbocycles. The molecule has 0 aliphatic carbocycles. The molecule has 2 rings (SSSR count). The summed E-state index contributed by atoms with van der Waals surface area (Å²) < 4.78 is 0. The fourth-order valence-corrected chi connectivity index (χ4v) is 3.92. The molecule has 7 nitrogen and oxygen atoms in total. The number of allylic oxidation sites excluding steroid dienone is 1. The van der Waals surface area contributed by atoms with Crippen LogP contribution in [0.2, 0.25) is 0 Å². The van der Waals surface area contributed by atoms with Crippen LogP contribution in [-0.2, 0) is 11.3 Å².